The molecule has 2 N–H and O–H groups in total. The summed E-state index contributed by atoms with van der Waals surface area (Å²) in [6, 6.07) is 0. The third-order valence-corrected chi connectivity index (χ3v) is 5.42. The van der Waals surface area contributed by atoms with Gasteiger partial charge in [0.15, 0.2) is 0 Å². The average Bonchev–Trinajstić information content (AvgIpc) is 2.90. The molecule has 0 aromatic rings. The largest absolute Gasteiger partial charge is 0.481 e. The number of carbonyl (C=O) groups excluding carboxylic acids is 1. The van der Waals surface area contributed by atoms with Crippen molar-refractivity contribution in [3.05, 3.63) is 12.2 Å². The third-order valence-electron chi connectivity index (χ3n) is 5.42. The molecule has 4 atom stereocenters. The van der Waals surface area contributed by atoms with E-state index in [0.717, 1.165) is 38.5 Å². The van der Waals surface area contributed by atoms with Crippen molar-refractivity contribution in [2.75, 3.05) is 0 Å². The molecule has 1 rings (SSSR count). The molecule has 0 bridgehead atoms. The first-order valence-electron chi connectivity index (χ1n) is 9.99. The van der Waals surface area contributed by atoms with Crippen molar-refractivity contribution < 1.29 is 19.8 Å². The zero-order chi connectivity index (χ0) is 18.9. The highest BCUT2D eigenvalue weighted by molar-refractivity contribution is 5.88. The number of carbonyl (C=O) groups is 2. The third kappa shape index (κ3) is 7.31. The Kier molecular flexibility index (Phi) is 9.41. The van der Waals surface area contributed by atoms with Crippen molar-refractivity contribution in [1.29, 1.82) is 0 Å². The van der Waals surface area contributed by atoms with E-state index >= 15 is 0 Å². The fraction of sp³-hybridized carbons (Fsp3) is 0.810. The number of aliphatic hydroxyl groups is 1. The molecule has 1 fully saturated rings. The van der Waals surface area contributed by atoms with Crippen LogP contribution in [0.2, 0.25) is 0 Å². The van der Waals surface area contributed by atoms with Crippen molar-refractivity contribution in [2.24, 2.45) is 17.8 Å². The maximum atomic E-state index is 12.3. The molecule has 0 heterocycles. The normalized spacial score (nSPS) is 24.6. The van der Waals surface area contributed by atoms with Gasteiger partial charge < -0.3 is 10.2 Å². The number of allylic oxidation sites excluding steroid dienone is 1. The molecule has 1 aliphatic rings. The van der Waals surface area contributed by atoms with Gasteiger partial charge in [-0.2, -0.15) is 0 Å². The molecular formula is C21H36O4. The average molecular weight is 353 g/mol. The van der Waals surface area contributed by atoms with E-state index < -0.39 is 23.4 Å². The molecule has 144 valence electrons. The second-order valence-corrected chi connectivity index (χ2v) is 7.81. The van der Waals surface area contributed by atoms with E-state index in [9.17, 15) is 19.8 Å². The van der Waals surface area contributed by atoms with Gasteiger partial charge in [0.1, 0.15) is 5.78 Å². The summed E-state index contributed by atoms with van der Waals surface area (Å²) in [4.78, 5) is 24.1. The lowest BCUT2D eigenvalue weighted by atomic mass is 9.79. The fourth-order valence-electron chi connectivity index (χ4n) is 3.85. The number of carboxylic acid groups (broad SMARTS) is 1. The van der Waals surface area contributed by atoms with Crippen LogP contribution in [-0.4, -0.2) is 27.6 Å². The number of hydrogen-bond donors (Lipinski definition) is 2. The summed E-state index contributed by atoms with van der Waals surface area (Å²) >= 11 is 0. The summed E-state index contributed by atoms with van der Waals surface area (Å²) in [6.07, 6.45) is 12.2. The summed E-state index contributed by atoms with van der Waals surface area (Å²) in [7, 11) is 0. The Balaban J connectivity index is 2.77. The number of unbranched alkanes of at least 4 members (excludes halogenated alkanes) is 4. The second kappa shape index (κ2) is 10.7. The Hall–Kier alpha value is -1.16. The number of rotatable bonds is 12. The van der Waals surface area contributed by atoms with E-state index in [-0.39, 0.29) is 11.7 Å². The van der Waals surface area contributed by atoms with E-state index in [4.69, 9.17) is 0 Å². The summed E-state index contributed by atoms with van der Waals surface area (Å²) in [5.41, 5.74) is -0.883. The van der Waals surface area contributed by atoms with E-state index in [0.29, 0.717) is 25.7 Å². The van der Waals surface area contributed by atoms with Gasteiger partial charge in [-0.15, -0.1) is 0 Å². The molecule has 1 saturated carbocycles. The van der Waals surface area contributed by atoms with Gasteiger partial charge in [0.05, 0.1) is 11.5 Å². The summed E-state index contributed by atoms with van der Waals surface area (Å²) in [5, 5.41) is 20.1. The maximum Gasteiger partial charge on any atom is 0.307 e. The van der Waals surface area contributed by atoms with Gasteiger partial charge in [0.25, 0.3) is 0 Å². The first kappa shape index (κ1) is 21.9. The van der Waals surface area contributed by atoms with Crippen LogP contribution in [-0.2, 0) is 9.59 Å². The molecule has 0 saturated heterocycles. The molecule has 1 unspecified atom stereocenters. The van der Waals surface area contributed by atoms with E-state index in [1.54, 1.807) is 13.0 Å². The number of carboxylic acids is 1. The molecule has 4 heteroatoms. The number of aliphatic carboxylic acids is 1. The number of hydrogen-bond acceptors (Lipinski definition) is 3. The zero-order valence-corrected chi connectivity index (χ0v) is 16.2. The Morgan fingerprint density at radius 1 is 1.24 bits per heavy atom. The molecular weight excluding hydrogens is 316 g/mol. The van der Waals surface area contributed by atoms with Crippen LogP contribution in [0.4, 0.5) is 0 Å². The summed E-state index contributed by atoms with van der Waals surface area (Å²) < 4.78 is 0. The SMILES string of the molecule is CCCCCC(C(=O)O)[C@@H]1C(=O)CC[C@@H]1C=C[C@@](C)(O)CCCCC. The standard InChI is InChI=1S/C21H36O4/c1-4-6-8-10-17(20(23)24)19-16(11-12-18(19)22)13-15-21(3,25)14-9-7-5-2/h13,15-17,19,25H,4-12,14H2,1-3H3,(H,23,24)/t16-,17?,19-,21+/m1/s1. The minimum Gasteiger partial charge on any atom is -0.481 e. The van der Waals surface area contributed by atoms with E-state index in [2.05, 4.69) is 13.8 Å². The molecule has 1 aliphatic carbocycles. The van der Waals surface area contributed by atoms with E-state index in [1.165, 1.54) is 0 Å². The highest BCUT2D eigenvalue weighted by Gasteiger charge is 2.42. The number of ketones is 1. The Morgan fingerprint density at radius 2 is 1.88 bits per heavy atom. The summed E-state index contributed by atoms with van der Waals surface area (Å²) in [6.45, 7) is 6.01. The topological polar surface area (TPSA) is 74.6 Å². The van der Waals surface area contributed by atoms with Crippen LogP contribution in [0.1, 0.15) is 85.0 Å². The van der Waals surface area contributed by atoms with Crippen molar-refractivity contribution in [3.63, 3.8) is 0 Å². The monoisotopic (exact) mass is 352 g/mol. The minimum atomic E-state index is -0.883. The highest BCUT2D eigenvalue weighted by atomic mass is 16.4. The Labute approximate surface area is 152 Å². The Bertz CT molecular complexity index is 453. The van der Waals surface area contributed by atoms with Gasteiger partial charge in [-0.3, -0.25) is 9.59 Å². The molecule has 0 aromatic heterocycles. The summed E-state index contributed by atoms with van der Waals surface area (Å²) in [5.74, 6) is -1.88. The minimum absolute atomic E-state index is 0.0622. The smallest absolute Gasteiger partial charge is 0.307 e. The first-order valence-corrected chi connectivity index (χ1v) is 9.99. The van der Waals surface area contributed by atoms with Crippen LogP contribution in [0.5, 0.6) is 0 Å². The van der Waals surface area contributed by atoms with Crippen LogP contribution in [0.3, 0.4) is 0 Å². The molecule has 0 spiro atoms. The van der Waals surface area contributed by atoms with Crippen LogP contribution in [0, 0.1) is 17.8 Å². The van der Waals surface area contributed by atoms with Gasteiger partial charge >= 0.3 is 5.97 Å². The van der Waals surface area contributed by atoms with E-state index in [1.807, 2.05) is 6.08 Å². The lowest BCUT2D eigenvalue weighted by Gasteiger charge is -2.24. The highest BCUT2D eigenvalue weighted by Crippen LogP contribution is 2.38. The lowest BCUT2D eigenvalue weighted by Crippen LogP contribution is -2.31. The van der Waals surface area contributed by atoms with Gasteiger partial charge in [-0.25, -0.2) is 0 Å². The first-order chi connectivity index (χ1) is 11.8. The van der Waals surface area contributed by atoms with Crippen LogP contribution < -0.4 is 0 Å². The predicted octanol–water partition coefficient (Wildman–Crippen LogP) is 4.75. The van der Waals surface area contributed by atoms with Crippen molar-refractivity contribution in [3.8, 4) is 0 Å². The van der Waals surface area contributed by atoms with Gasteiger partial charge in [0.2, 0.25) is 0 Å². The molecule has 0 amide bonds. The maximum absolute atomic E-state index is 12.3. The van der Waals surface area contributed by atoms with Crippen LogP contribution in [0.25, 0.3) is 0 Å². The quantitative estimate of drug-likeness (QED) is 0.392. The second-order valence-electron chi connectivity index (χ2n) is 7.81. The molecule has 0 radical (unpaired) electrons. The predicted molar refractivity (Wildman–Crippen MR) is 100 cm³/mol. The molecule has 0 aliphatic heterocycles. The molecule has 25 heavy (non-hydrogen) atoms. The van der Waals surface area contributed by atoms with Crippen LogP contribution in [0.15, 0.2) is 12.2 Å². The molecule has 4 nitrogen and oxygen atoms in total. The zero-order valence-electron chi connectivity index (χ0n) is 16.2. The van der Waals surface area contributed by atoms with Crippen molar-refractivity contribution >= 4 is 11.8 Å². The molecule has 0 aromatic carbocycles. The van der Waals surface area contributed by atoms with Gasteiger partial charge in [-0.1, -0.05) is 64.5 Å². The fourth-order valence-corrected chi connectivity index (χ4v) is 3.85. The lowest BCUT2D eigenvalue weighted by molar-refractivity contribution is -0.147. The van der Waals surface area contributed by atoms with Crippen molar-refractivity contribution in [2.45, 2.75) is 90.6 Å². The van der Waals surface area contributed by atoms with Gasteiger partial charge in [0, 0.05) is 12.3 Å². The Morgan fingerprint density at radius 3 is 2.48 bits per heavy atom. The number of Topliss-reactive ketones (excluding diaryl/α,β-unsaturated/α-hetero) is 1. The van der Waals surface area contributed by atoms with Crippen LogP contribution >= 0.6 is 0 Å². The van der Waals surface area contributed by atoms with Gasteiger partial charge in [-0.05, 0) is 32.1 Å². The van der Waals surface area contributed by atoms with Crippen molar-refractivity contribution in [1.82, 2.24) is 0 Å².